The van der Waals surface area contributed by atoms with Gasteiger partial charge in [0.15, 0.2) is 0 Å². The number of anilines is 1. The largest absolute Gasteiger partial charge is 0.368 e. The highest BCUT2D eigenvalue weighted by atomic mass is 19.1. The van der Waals surface area contributed by atoms with E-state index in [1.165, 1.54) is 18.5 Å². The van der Waals surface area contributed by atoms with Crippen molar-refractivity contribution in [1.82, 2.24) is 25.3 Å². The van der Waals surface area contributed by atoms with E-state index in [-0.39, 0.29) is 23.7 Å². The molecule has 1 amide bonds. The number of nitrogens with two attached hydrogens (primary N) is 1. The second-order valence-electron chi connectivity index (χ2n) is 6.29. The van der Waals surface area contributed by atoms with Crippen LogP contribution in [0.25, 0.3) is 11.1 Å². The molecule has 0 saturated heterocycles. The minimum atomic E-state index is -0.375. The fourth-order valence-corrected chi connectivity index (χ4v) is 3.43. The third-order valence-corrected chi connectivity index (χ3v) is 4.60. The molecule has 0 bridgehead atoms. The third-order valence-electron chi connectivity index (χ3n) is 4.60. The first kappa shape index (κ1) is 17.0. The van der Waals surface area contributed by atoms with Crippen LogP contribution in [0.2, 0.25) is 0 Å². The van der Waals surface area contributed by atoms with E-state index in [0.717, 1.165) is 5.56 Å². The van der Waals surface area contributed by atoms with Gasteiger partial charge in [-0.25, -0.2) is 24.3 Å². The molecule has 0 radical (unpaired) electrons. The van der Waals surface area contributed by atoms with Crippen molar-refractivity contribution in [3.63, 3.8) is 0 Å². The maximum Gasteiger partial charge on any atom is 0.255 e. The quantitative estimate of drug-likeness (QED) is 0.738. The van der Waals surface area contributed by atoms with Gasteiger partial charge >= 0.3 is 0 Å². The molecule has 8 heteroatoms. The van der Waals surface area contributed by atoms with E-state index in [1.807, 2.05) is 6.92 Å². The lowest BCUT2D eigenvalue weighted by molar-refractivity contribution is 0.0922. The Labute approximate surface area is 154 Å². The molecule has 1 atom stereocenters. The number of rotatable bonds is 3. The lowest BCUT2D eigenvalue weighted by Crippen LogP contribution is -2.37. The SMILES string of the molecule is CCc1nc(N)nc2c1C(=O)NC(c1ccc(F)cc1-c1cncnc1)C2. The van der Waals surface area contributed by atoms with Crippen LogP contribution in [-0.2, 0) is 12.8 Å². The highest BCUT2D eigenvalue weighted by Crippen LogP contribution is 2.33. The molecule has 0 fully saturated rings. The van der Waals surface area contributed by atoms with E-state index in [9.17, 15) is 9.18 Å². The van der Waals surface area contributed by atoms with Crippen LogP contribution < -0.4 is 11.1 Å². The average molecular weight is 364 g/mol. The summed E-state index contributed by atoms with van der Waals surface area (Å²) in [4.78, 5) is 29.2. The predicted octanol–water partition coefficient (Wildman–Crippen LogP) is 2.24. The Morgan fingerprint density at radius 2 is 2.04 bits per heavy atom. The number of carbonyl (C=O) groups is 1. The second-order valence-corrected chi connectivity index (χ2v) is 6.29. The van der Waals surface area contributed by atoms with E-state index in [2.05, 4.69) is 25.3 Å². The van der Waals surface area contributed by atoms with Crippen molar-refractivity contribution in [3.8, 4) is 11.1 Å². The summed E-state index contributed by atoms with van der Waals surface area (Å²) in [6, 6.07) is 4.08. The average Bonchev–Trinajstić information content (AvgIpc) is 2.67. The highest BCUT2D eigenvalue weighted by Gasteiger charge is 2.31. The molecule has 1 aromatic carbocycles. The monoisotopic (exact) mass is 364 g/mol. The Morgan fingerprint density at radius 1 is 1.26 bits per heavy atom. The van der Waals surface area contributed by atoms with Crippen molar-refractivity contribution in [1.29, 1.82) is 0 Å². The van der Waals surface area contributed by atoms with Crippen LogP contribution in [-0.4, -0.2) is 25.8 Å². The second kappa shape index (κ2) is 6.71. The number of carbonyl (C=O) groups excluding carboxylic acids is 1. The first-order valence-corrected chi connectivity index (χ1v) is 8.57. The molecule has 4 rings (SSSR count). The van der Waals surface area contributed by atoms with Gasteiger partial charge in [-0.15, -0.1) is 0 Å². The molecule has 0 saturated carbocycles. The summed E-state index contributed by atoms with van der Waals surface area (Å²) >= 11 is 0. The van der Waals surface area contributed by atoms with Gasteiger partial charge in [-0.2, -0.15) is 0 Å². The first-order valence-electron chi connectivity index (χ1n) is 8.57. The van der Waals surface area contributed by atoms with E-state index in [1.54, 1.807) is 18.5 Å². The zero-order valence-electron chi connectivity index (χ0n) is 14.6. The van der Waals surface area contributed by atoms with Crippen LogP contribution >= 0.6 is 0 Å². The topological polar surface area (TPSA) is 107 Å². The van der Waals surface area contributed by atoms with E-state index in [0.29, 0.717) is 40.9 Å². The predicted molar refractivity (Wildman–Crippen MR) is 97.2 cm³/mol. The number of aromatic nitrogens is 4. The van der Waals surface area contributed by atoms with Gasteiger partial charge in [0.2, 0.25) is 5.95 Å². The summed E-state index contributed by atoms with van der Waals surface area (Å²) in [6.07, 6.45) is 5.65. The Balaban J connectivity index is 1.81. The molecule has 1 aliphatic heterocycles. The molecule has 0 aliphatic carbocycles. The molecular weight excluding hydrogens is 347 g/mol. The minimum Gasteiger partial charge on any atom is -0.368 e. The lowest BCUT2D eigenvalue weighted by Gasteiger charge is -2.28. The fraction of sp³-hybridized carbons (Fsp3) is 0.211. The standard InChI is InChI=1S/C19H17FN6O/c1-2-14-17-16(26-19(21)25-14)6-15(24-18(17)27)12-4-3-11(20)5-13(12)10-7-22-9-23-8-10/h3-5,7-9,15H,2,6H2,1H3,(H,24,27)(H2,21,25,26). The Bertz CT molecular complexity index is 1020. The summed E-state index contributed by atoms with van der Waals surface area (Å²) in [5.41, 5.74) is 9.58. The molecule has 3 heterocycles. The van der Waals surface area contributed by atoms with Gasteiger partial charge in [0, 0.05) is 24.4 Å². The van der Waals surface area contributed by atoms with Crippen molar-refractivity contribution >= 4 is 11.9 Å². The number of nitrogens with zero attached hydrogens (tertiary/aromatic N) is 4. The normalized spacial score (nSPS) is 15.9. The van der Waals surface area contributed by atoms with E-state index < -0.39 is 0 Å². The third kappa shape index (κ3) is 3.10. The van der Waals surface area contributed by atoms with E-state index in [4.69, 9.17) is 5.73 Å². The number of nitrogen functional groups attached to an aromatic ring is 1. The van der Waals surface area contributed by atoms with Crippen molar-refractivity contribution in [2.24, 2.45) is 0 Å². The van der Waals surface area contributed by atoms with Crippen LogP contribution in [0.1, 0.15) is 40.3 Å². The summed E-state index contributed by atoms with van der Waals surface area (Å²) in [5.74, 6) is -0.479. The van der Waals surface area contributed by atoms with Crippen LogP contribution in [0.5, 0.6) is 0 Å². The first-order chi connectivity index (χ1) is 13.1. The van der Waals surface area contributed by atoms with E-state index >= 15 is 0 Å². The van der Waals surface area contributed by atoms with Gasteiger partial charge in [0.1, 0.15) is 12.1 Å². The molecule has 3 aromatic rings. The molecule has 0 spiro atoms. The summed E-state index contributed by atoms with van der Waals surface area (Å²) in [7, 11) is 0. The van der Waals surface area contributed by atoms with Crippen molar-refractivity contribution in [2.45, 2.75) is 25.8 Å². The molecule has 2 aromatic heterocycles. The van der Waals surface area contributed by atoms with Gasteiger partial charge in [0.25, 0.3) is 5.91 Å². The minimum absolute atomic E-state index is 0.148. The number of fused-ring (bicyclic) bond motifs is 1. The molecule has 7 nitrogen and oxygen atoms in total. The molecule has 3 N–H and O–H groups in total. The highest BCUT2D eigenvalue weighted by molar-refractivity contribution is 5.98. The van der Waals surface area contributed by atoms with Crippen LogP contribution in [0.4, 0.5) is 10.3 Å². The molecule has 1 aliphatic rings. The number of halogens is 1. The van der Waals surface area contributed by atoms with Gasteiger partial charge in [-0.05, 0) is 29.7 Å². The molecule has 136 valence electrons. The fourth-order valence-electron chi connectivity index (χ4n) is 3.43. The molecule has 1 unspecified atom stereocenters. The number of amides is 1. The zero-order chi connectivity index (χ0) is 19.0. The van der Waals surface area contributed by atoms with Gasteiger partial charge in [-0.1, -0.05) is 13.0 Å². The van der Waals surface area contributed by atoms with Crippen molar-refractivity contribution in [2.75, 3.05) is 5.73 Å². The van der Waals surface area contributed by atoms with Gasteiger partial charge in [0.05, 0.1) is 23.0 Å². The van der Waals surface area contributed by atoms with Crippen molar-refractivity contribution in [3.05, 3.63) is 65.3 Å². The number of nitrogens with one attached hydrogen (secondary N) is 1. The maximum atomic E-state index is 13.9. The number of hydrogen-bond donors (Lipinski definition) is 2. The van der Waals surface area contributed by atoms with Gasteiger partial charge < -0.3 is 11.1 Å². The molecule has 27 heavy (non-hydrogen) atoms. The Hall–Kier alpha value is -3.42. The van der Waals surface area contributed by atoms with Crippen LogP contribution in [0, 0.1) is 5.82 Å². The lowest BCUT2D eigenvalue weighted by atomic mass is 9.89. The number of hydrogen-bond acceptors (Lipinski definition) is 6. The van der Waals surface area contributed by atoms with Crippen LogP contribution in [0.3, 0.4) is 0 Å². The Morgan fingerprint density at radius 3 is 2.78 bits per heavy atom. The molecular formula is C19H17FN6O. The summed E-state index contributed by atoms with van der Waals surface area (Å²) < 4.78 is 13.9. The maximum absolute atomic E-state index is 13.9. The van der Waals surface area contributed by atoms with Crippen molar-refractivity contribution < 1.29 is 9.18 Å². The zero-order valence-corrected chi connectivity index (χ0v) is 14.6. The van der Waals surface area contributed by atoms with Crippen LogP contribution in [0.15, 0.2) is 36.9 Å². The Kier molecular flexibility index (Phi) is 4.23. The number of aryl methyl sites for hydroxylation is 1. The summed E-state index contributed by atoms with van der Waals surface area (Å²) in [5, 5.41) is 2.99. The van der Waals surface area contributed by atoms with Gasteiger partial charge in [-0.3, -0.25) is 4.79 Å². The smallest absolute Gasteiger partial charge is 0.255 e. The number of benzene rings is 1. The summed E-state index contributed by atoms with van der Waals surface area (Å²) in [6.45, 7) is 1.91.